The van der Waals surface area contributed by atoms with Gasteiger partial charge < -0.3 is 20.5 Å². The largest absolute Gasteiger partial charge is 0.469 e. The first-order chi connectivity index (χ1) is 16.4. The summed E-state index contributed by atoms with van der Waals surface area (Å²) in [6.07, 6.45) is 10.6. The Bertz CT molecular complexity index is 830. The van der Waals surface area contributed by atoms with Crippen molar-refractivity contribution >= 4 is 11.9 Å². The molecule has 0 unspecified atom stereocenters. The van der Waals surface area contributed by atoms with Crippen LogP contribution in [0.2, 0.25) is 0 Å². The second-order valence-electron chi connectivity index (χ2n) is 10.3. The smallest absolute Gasteiger partial charge is 0.308 e. The van der Waals surface area contributed by atoms with Crippen LogP contribution in [-0.4, -0.2) is 44.8 Å². The minimum atomic E-state index is -0.397. The van der Waals surface area contributed by atoms with Gasteiger partial charge in [-0.2, -0.15) is 0 Å². The summed E-state index contributed by atoms with van der Waals surface area (Å²) in [5.41, 5.74) is 8.42. The number of primary amides is 1. The molecule has 0 radical (unpaired) electrons. The van der Waals surface area contributed by atoms with Crippen LogP contribution in [0.3, 0.4) is 0 Å². The Kier molecular flexibility index (Phi) is 9.55. The monoisotopic (exact) mass is 472 g/mol. The van der Waals surface area contributed by atoms with E-state index in [-0.39, 0.29) is 29.4 Å². The van der Waals surface area contributed by atoms with E-state index in [4.69, 9.17) is 15.2 Å². The predicted octanol–water partition coefficient (Wildman–Crippen LogP) is 4.52. The van der Waals surface area contributed by atoms with Crippen molar-refractivity contribution in [3.63, 3.8) is 0 Å². The van der Waals surface area contributed by atoms with Gasteiger partial charge in [0, 0.05) is 30.6 Å². The van der Waals surface area contributed by atoms with Crippen molar-refractivity contribution in [2.24, 2.45) is 17.6 Å². The molecule has 34 heavy (non-hydrogen) atoms. The highest BCUT2D eigenvalue weighted by Crippen LogP contribution is 2.44. The topological polar surface area (TPSA) is 90.7 Å². The van der Waals surface area contributed by atoms with Crippen LogP contribution in [0.15, 0.2) is 18.2 Å². The number of ether oxygens (including phenoxy) is 2. The summed E-state index contributed by atoms with van der Waals surface area (Å²) in [6.45, 7) is 5.14. The molecule has 0 bridgehead atoms. The molecule has 6 nitrogen and oxygen atoms in total. The summed E-state index contributed by atoms with van der Waals surface area (Å²) in [5.74, 6) is 0.0687. The van der Waals surface area contributed by atoms with Gasteiger partial charge in [-0.1, -0.05) is 52.0 Å². The van der Waals surface area contributed by atoms with E-state index in [1.807, 2.05) is 18.2 Å². The summed E-state index contributed by atoms with van der Waals surface area (Å²) in [4.78, 5) is 24.5. The van der Waals surface area contributed by atoms with Crippen LogP contribution in [0.25, 0.3) is 0 Å². The summed E-state index contributed by atoms with van der Waals surface area (Å²) in [6, 6.07) is 5.93. The Morgan fingerprint density at radius 3 is 2.44 bits per heavy atom. The molecule has 0 aliphatic heterocycles. The van der Waals surface area contributed by atoms with Crippen molar-refractivity contribution < 1.29 is 19.1 Å². The maximum Gasteiger partial charge on any atom is 0.308 e. The standard InChI is InChI=1S/C28H44N2O4/c1-5-28(6-2)23-17-21(26(29)31)13-12-20(23)18-24(33-3)25(28)30-15-14-22(27(32)34-4)16-19-10-8-7-9-11-19/h12-13,17,19,22,24-25,30H,5-11,14-16,18H2,1-4H3,(H2,29,31)/t22-,24+,25-/m1/s1. The number of rotatable bonds is 11. The molecule has 0 spiro atoms. The van der Waals surface area contributed by atoms with Gasteiger partial charge in [0.15, 0.2) is 0 Å². The average molecular weight is 473 g/mol. The molecule has 3 N–H and O–H groups in total. The highest BCUT2D eigenvalue weighted by atomic mass is 16.5. The molecule has 6 heteroatoms. The summed E-state index contributed by atoms with van der Waals surface area (Å²) in [5, 5.41) is 3.80. The lowest BCUT2D eigenvalue weighted by Crippen LogP contribution is -2.59. The molecule has 190 valence electrons. The number of hydrogen-bond acceptors (Lipinski definition) is 5. The number of carbonyl (C=O) groups excluding carboxylic acids is 2. The normalized spacial score (nSPS) is 23.2. The number of nitrogens with two attached hydrogens (primary N) is 1. The second kappa shape index (κ2) is 12.2. The summed E-state index contributed by atoms with van der Waals surface area (Å²) >= 11 is 0. The fraction of sp³-hybridized carbons (Fsp3) is 0.714. The Labute approximate surface area is 205 Å². The number of esters is 1. The van der Waals surface area contributed by atoms with Crippen LogP contribution >= 0.6 is 0 Å². The zero-order valence-electron chi connectivity index (χ0n) is 21.5. The van der Waals surface area contributed by atoms with Gasteiger partial charge in [-0.05, 0) is 61.4 Å². The van der Waals surface area contributed by atoms with Crippen molar-refractivity contribution in [1.29, 1.82) is 0 Å². The predicted molar refractivity (Wildman–Crippen MR) is 135 cm³/mol. The van der Waals surface area contributed by atoms with Crippen molar-refractivity contribution in [3.05, 3.63) is 34.9 Å². The zero-order valence-corrected chi connectivity index (χ0v) is 21.5. The molecule has 0 saturated heterocycles. The van der Waals surface area contributed by atoms with Crippen LogP contribution in [0.5, 0.6) is 0 Å². The molecular formula is C28H44N2O4. The first-order valence-corrected chi connectivity index (χ1v) is 13.2. The molecule has 0 heterocycles. The first kappa shape index (κ1) is 26.7. The van der Waals surface area contributed by atoms with Gasteiger partial charge in [-0.25, -0.2) is 0 Å². The maximum atomic E-state index is 12.6. The molecule has 2 aliphatic carbocycles. The first-order valence-electron chi connectivity index (χ1n) is 13.2. The number of carbonyl (C=O) groups is 2. The molecule has 3 rings (SSSR count). The fourth-order valence-corrected chi connectivity index (χ4v) is 6.58. The van der Waals surface area contributed by atoms with E-state index in [0.717, 1.165) is 38.6 Å². The molecule has 1 aromatic carbocycles. The number of hydrogen-bond donors (Lipinski definition) is 2. The number of benzene rings is 1. The Hall–Kier alpha value is -1.92. The molecule has 1 fully saturated rings. The van der Waals surface area contributed by atoms with Gasteiger partial charge >= 0.3 is 5.97 Å². The van der Waals surface area contributed by atoms with Gasteiger partial charge in [0.2, 0.25) is 5.91 Å². The van der Waals surface area contributed by atoms with Crippen LogP contribution in [0.4, 0.5) is 0 Å². The minimum absolute atomic E-state index is 0.0155. The van der Waals surface area contributed by atoms with E-state index in [0.29, 0.717) is 11.5 Å². The third kappa shape index (κ3) is 5.65. The van der Waals surface area contributed by atoms with Crippen LogP contribution in [-0.2, 0) is 26.1 Å². The summed E-state index contributed by atoms with van der Waals surface area (Å²) in [7, 11) is 3.27. The minimum Gasteiger partial charge on any atom is -0.469 e. The Morgan fingerprint density at radius 2 is 1.85 bits per heavy atom. The van der Waals surface area contributed by atoms with Gasteiger partial charge in [0.1, 0.15) is 0 Å². The fourth-order valence-electron chi connectivity index (χ4n) is 6.58. The molecule has 1 aromatic rings. The summed E-state index contributed by atoms with van der Waals surface area (Å²) < 4.78 is 11.2. The van der Waals surface area contributed by atoms with Crippen molar-refractivity contribution in [3.8, 4) is 0 Å². The van der Waals surface area contributed by atoms with Gasteiger partial charge in [0.25, 0.3) is 0 Å². The second-order valence-corrected chi connectivity index (χ2v) is 10.3. The molecule has 1 saturated carbocycles. The van der Waals surface area contributed by atoms with Gasteiger partial charge in [-0.3, -0.25) is 9.59 Å². The number of nitrogens with one attached hydrogen (secondary N) is 1. The highest BCUT2D eigenvalue weighted by Gasteiger charge is 2.46. The van der Waals surface area contributed by atoms with Crippen molar-refractivity contribution in [1.82, 2.24) is 5.32 Å². The van der Waals surface area contributed by atoms with Crippen LogP contribution in [0.1, 0.15) is 93.1 Å². The molecule has 0 aromatic heterocycles. The van der Waals surface area contributed by atoms with Crippen LogP contribution < -0.4 is 11.1 Å². The molecule has 3 atom stereocenters. The third-order valence-corrected chi connectivity index (χ3v) is 8.62. The molecule has 2 aliphatic rings. The number of methoxy groups -OCH3 is 2. The van der Waals surface area contributed by atoms with Crippen LogP contribution in [0, 0.1) is 11.8 Å². The van der Waals surface area contributed by atoms with Crippen molar-refractivity contribution in [2.45, 2.75) is 95.6 Å². The lowest BCUT2D eigenvalue weighted by Gasteiger charge is -2.49. The van der Waals surface area contributed by atoms with E-state index < -0.39 is 5.91 Å². The average Bonchev–Trinajstić information content (AvgIpc) is 2.87. The van der Waals surface area contributed by atoms with E-state index in [9.17, 15) is 9.59 Å². The number of amides is 1. The Balaban J connectivity index is 1.79. The molecular weight excluding hydrogens is 428 g/mol. The SMILES string of the molecule is CCC1(CC)c2cc(C(N)=O)ccc2C[C@H](OC)[C@H]1NCC[C@H](CC1CCCCC1)C(=O)OC. The van der Waals surface area contributed by atoms with Crippen molar-refractivity contribution in [2.75, 3.05) is 20.8 Å². The highest BCUT2D eigenvalue weighted by molar-refractivity contribution is 5.93. The van der Waals surface area contributed by atoms with Gasteiger partial charge in [0.05, 0.1) is 19.1 Å². The third-order valence-electron chi connectivity index (χ3n) is 8.62. The zero-order chi connectivity index (χ0) is 24.7. The van der Waals surface area contributed by atoms with E-state index in [1.54, 1.807) is 7.11 Å². The Morgan fingerprint density at radius 1 is 1.15 bits per heavy atom. The van der Waals surface area contributed by atoms with E-state index >= 15 is 0 Å². The lowest BCUT2D eigenvalue weighted by molar-refractivity contribution is -0.146. The number of fused-ring (bicyclic) bond motifs is 1. The lowest BCUT2D eigenvalue weighted by atomic mass is 9.62. The van der Waals surface area contributed by atoms with E-state index in [1.165, 1.54) is 50.3 Å². The van der Waals surface area contributed by atoms with Gasteiger partial charge in [-0.15, -0.1) is 0 Å². The quantitative estimate of drug-likeness (QED) is 0.462. The maximum absolute atomic E-state index is 12.6. The molecule has 1 amide bonds. The van der Waals surface area contributed by atoms with E-state index in [2.05, 4.69) is 19.2 Å².